The Morgan fingerprint density at radius 3 is 2.33 bits per heavy atom. The lowest BCUT2D eigenvalue weighted by molar-refractivity contribution is 0.404. The monoisotopic (exact) mass is 387 g/mol. The summed E-state index contributed by atoms with van der Waals surface area (Å²) in [5.41, 5.74) is 2.03. The molecular formula is C16H16BrCl2NO. The maximum absolute atomic E-state index is 6.16. The molecule has 0 aliphatic carbocycles. The molecule has 0 radical (unpaired) electrons. The maximum Gasteiger partial charge on any atom is 0.124 e. The number of ether oxygens (including phenoxy) is 1. The van der Waals surface area contributed by atoms with Gasteiger partial charge in [0.2, 0.25) is 0 Å². The molecule has 0 aliphatic rings. The molecule has 2 rings (SSSR count). The summed E-state index contributed by atoms with van der Waals surface area (Å²) in [5.74, 6) is 0.789. The highest BCUT2D eigenvalue weighted by atomic mass is 79.9. The van der Waals surface area contributed by atoms with Gasteiger partial charge in [0.1, 0.15) is 5.75 Å². The Kier molecular flexibility index (Phi) is 5.94. The number of nitrogens with one attached hydrogen (secondary N) is 1. The molecule has 1 unspecified atom stereocenters. The van der Waals surface area contributed by atoms with Crippen molar-refractivity contribution in [3.63, 3.8) is 0 Å². The van der Waals surface area contributed by atoms with Crippen LogP contribution < -0.4 is 10.1 Å². The van der Waals surface area contributed by atoms with Crippen molar-refractivity contribution in [3.8, 4) is 5.75 Å². The molecule has 0 bridgehead atoms. The molecule has 0 heterocycles. The van der Waals surface area contributed by atoms with Crippen LogP contribution in [0.3, 0.4) is 0 Å². The van der Waals surface area contributed by atoms with E-state index in [1.807, 2.05) is 36.4 Å². The van der Waals surface area contributed by atoms with Crippen LogP contribution in [0.4, 0.5) is 0 Å². The smallest absolute Gasteiger partial charge is 0.124 e. The molecule has 2 aromatic rings. The average molecular weight is 389 g/mol. The Balaban J connectivity index is 2.58. The maximum atomic E-state index is 6.16. The van der Waals surface area contributed by atoms with E-state index in [-0.39, 0.29) is 6.04 Å². The van der Waals surface area contributed by atoms with Crippen LogP contribution in [0.5, 0.6) is 5.75 Å². The topological polar surface area (TPSA) is 21.3 Å². The highest BCUT2D eigenvalue weighted by Gasteiger charge is 2.20. The highest BCUT2D eigenvalue weighted by molar-refractivity contribution is 9.10. The summed E-state index contributed by atoms with van der Waals surface area (Å²) >= 11 is 15.9. The third kappa shape index (κ3) is 3.92. The van der Waals surface area contributed by atoms with Crippen molar-refractivity contribution in [3.05, 3.63) is 62.0 Å². The summed E-state index contributed by atoms with van der Waals surface area (Å²) in [6.07, 6.45) is 0. The number of halogens is 3. The molecule has 0 saturated heterocycles. The number of benzene rings is 2. The van der Waals surface area contributed by atoms with E-state index >= 15 is 0 Å². The molecule has 0 saturated carbocycles. The summed E-state index contributed by atoms with van der Waals surface area (Å²) in [6, 6.07) is 11.3. The van der Waals surface area contributed by atoms with Gasteiger partial charge >= 0.3 is 0 Å². The first-order chi connectivity index (χ1) is 10.1. The van der Waals surface area contributed by atoms with E-state index in [1.165, 1.54) is 0 Å². The van der Waals surface area contributed by atoms with Crippen LogP contribution >= 0.6 is 39.1 Å². The lowest BCUT2D eigenvalue weighted by Gasteiger charge is -2.23. The van der Waals surface area contributed by atoms with E-state index in [9.17, 15) is 0 Å². The summed E-state index contributed by atoms with van der Waals surface area (Å²) < 4.78 is 6.46. The second-order valence-corrected chi connectivity index (χ2v) is 6.27. The Morgan fingerprint density at radius 2 is 1.71 bits per heavy atom. The third-order valence-electron chi connectivity index (χ3n) is 3.18. The van der Waals surface area contributed by atoms with Crippen molar-refractivity contribution < 1.29 is 4.74 Å². The van der Waals surface area contributed by atoms with Gasteiger partial charge in [-0.3, -0.25) is 0 Å². The average Bonchev–Trinajstić information content (AvgIpc) is 2.47. The minimum Gasteiger partial charge on any atom is -0.496 e. The van der Waals surface area contributed by atoms with E-state index in [4.69, 9.17) is 27.9 Å². The van der Waals surface area contributed by atoms with Gasteiger partial charge in [0.25, 0.3) is 0 Å². The van der Waals surface area contributed by atoms with Crippen LogP contribution in [0.2, 0.25) is 10.0 Å². The van der Waals surface area contributed by atoms with Crippen molar-refractivity contribution in [1.29, 1.82) is 0 Å². The van der Waals surface area contributed by atoms with Crippen LogP contribution in [0, 0.1) is 0 Å². The van der Waals surface area contributed by atoms with Crippen molar-refractivity contribution >= 4 is 39.1 Å². The molecule has 2 aromatic carbocycles. The number of rotatable bonds is 5. The number of hydrogen-bond donors (Lipinski definition) is 1. The molecule has 1 N–H and O–H groups in total. The Hall–Kier alpha value is -0.740. The van der Waals surface area contributed by atoms with Crippen LogP contribution in [-0.4, -0.2) is 13.7 Å². The molecule has 21 heavy (non-hydrogen) atoms. The molecule has 0 amide bonds. The van der Waals surface area contributed by atoms with Gasteiger partial charge in [-0.1, -0.05) is 46.1 Å². The van der Waals surface area contributed by atoms with Gasteiger partial charge in [-0.05, 0) is 48.5 Å². The Morgan fingerprint density at radius 1 is 1.10 bits per heavy atom. The Bertz CT molecular complexity index is 634. The van der Waals surface area contributed by atoms with Crippen LogP contribution in [-0.2, 0) is 0 Å². The zero-order valence-corrected chi connectivity index (χ0v) is 14.9. The largest absolute Gasteiger partial charge is 0.496 e. The van der Waals surface area contributed by atoms with E-state index in [1.54, 1.807) is 7.11 Å². The zero-order valence-electron chi connectivity index (χ0n) is 11.8. The molecule has 0 aliphatic heterocycles. The normalized spacial score (nSPS) is 12.2. The molecule has 0 spiro atoms. The van der Waals surface area contributed by atoms with Crippen molar-refractivity contribution in [2.24, 2.45) is 0 Å². The lowest BCUT2D eigenvalue weighted by atomic mass is 9.97. The fourth-order valence-electron chi connectivity index (χ4n) is 2.26. The van der Waals surface area contributed by atoms with Crippen molar-refractivity contribution in [2.75, 3.05) is 13.7 Å². The van der Waals surface area contributed by atoms with Gasteiger partial charge in [-0.15, -0.1) is 0 Å². The fourth-order valence-corrected chi connectivity index (χ4v) is 3.09. The van der Waals surface area contributed by atoms with Crippen LogP contribution in [0.15, 0.2) is 40.9 Å². The second kappa shape index (κ2) is 7.50. The summed E-state index contributed by atoms with van der Waals surface area (Å²) in [4.78, 5) is 0. The summed E-state index contributed by atoms with van der Waals surface area (Å²) in [5, 5.41) is 4.82. The molecule has 0 fully saturated rings. The predicted octanol–water partition coefficient (Wildman–Crippen LogP) is 5.46. The SMILES string of the molecule is CCNC(c1cc(Cl)ccc1Br)c1cc(Cl)ccc1OC. The first-order valence-corrected chi connectivity index (χ1v) is 8.13. The fraction of sp³-hybridized carbons (Fsp3) is 0.250. The predicted molar refractivity (Wildman–Crippen MR) is 92.7 cm³/mol. The van der Waals surface area contributed by atoms with Gasteiger partial charge < -0.3 is 10.1 Å². The van der Waals surface area contributed by atoms with Gasteiger partial charge in [-0.2, -0.15) is 0 Å². The summed E-state index contributed by atoms with van der Waals surface area (Å²) in [6.45, 7) is 2.86. The number of methoxy groups -OCH3 is 1. The van der Waals surface area contributed by atoms with Crippen LogP contribution in [0.25, 0.3) is 0 Å². The minimum absolute atomic E-state index is 0.0586. The van der Waals surface area contributed by atoms with Gasteiger partial charge in [0, 0.05) is 20.1 Å². The zero-order chi connectivity index (χ0) is 15.4. The molecule has 5 heteroatoms. The minimum atomic E-state index is -0.0586. The molecule has 0 aromatic heterocycles. The molecular weight excluding hydrogens is 373 g/mol. The Labute approximate surface area is 143 Å². The molecule has 2 nitrogen and oxygen atoms in total. The van der Waals surface area contributed by atoms with E-state index < -0.39 is 0 Å². The summed E-state index contributed by atoms with van der Waals surface area (Å²) in [7, 11) is 1.66. The van der Waals surface area contributed by atoms with E-state index in [2.05, 4.69) is 28.2 Å². The standard InChI is InChI=1S/C16H16BrCl2NO/c1-3-20-16(12-8-10(18)4-6-14(12)17)13-9-11(19)5-7-15(13)21-2/h4-9,16,20H,3H2,1-2H3. The van der Waals surface area contributed by atoms with Crippen molar-refractivity contribution in [2.45, 2.75) is 13.0 Å². The third-order valence-corrected chi connectivity index (χ3v) is 4.37. The first kappa shape index (κ1) is 16.6. The molecule has 112 valence electrons. The van der Waals surface area contributed by atoms with E-state index in [0.29, 0.717) is 10.0 Å². The van der Waals surface area contributed by atoms with Crippen LogP contribution in [0.1, 0.15) is 24.1 Å². The second-order valence-electron chi connectivity index (χ2n) is 4.54. The van der Waals surface area contributed by atoms with Crippen molar-refractivity contribution in [1.82, 2.24) is 5.32 Å². The van der Waals surface area contributed by atoms with Gasteiger partial charge in [0.05, 0.1) is 13.2 Å². The van der Waals surface area contributed by atoms with Gasteiger partial charge in [-0.25, -0.2) is 0 Å². The lowest BCUT2D eigenvalue weighted by Crippen LogP contribution is -2.23. The quantitative estimate of drug-likeness (QED) is 0.733. The van der Waals surface area contributed by atoms with E-state index in [0.717, 1.165) is 27.9 Å². The number of hydrogen-bond acceptors (Lipinski definition) is 2. The van der Waals surface area contributed by atoms with Gasteiger partial charge in [0.15, 0.2) is 0 Å². The molecule has 1 atom stereocenters. The first-order valence-electron chi connectivity index (χ1n) is 6.58. The highest BCUT2D eigenvalue weighted by Crippen LogP contribution is 2.36.